The normalized spacial score (nSPS) is 16.7. The molecule has 0 aliphatic carbocycles. The van der Waals surface area contributed by atoms with Gasteiger partial charge in [-0.15, -0.1) is 0 Å². The number of carbonyl (C=O) groups excluding carboxylic acids is 2. The van der Waals surface area contributed by atoms with E-state index in [9.17, 15) is 9.59 Å². The molecule has 1 aromatic rings. The minimum atomic E-state index is -0.279. The van der Waals surface area contributed by atoms with Crippen molar-refractivity contribution in [3.63, 3.8) is 0 Å². The minimum absolute atomic E-state index is 0.0937. The van der Waals surface area contributed by atoms with Crippen LogP contribution in [-0.4, -0.2) is 47.9 Å². The fourth-order valence-electron chi connectivity index (χ4n) is 2.84. The molecule has 24 heavy (non-hydrogen) atoms. The average molecular weight is 331 g/mol. The van der Waals surface area contributed by atoms with Crippen molar-refractivity contribution >= 4 is 11.8 Å². The molecule has 0 radical (unpaired) electrons. The van der Waals surface area contributed by atoms with Gasteiger partial charge in [0.05, 0.1) is 0 Å². The van der Waals surface area contributed by atoms with Crippen LogP contribution in [0.25, 0.3) is 0 Å². The maximum Gasteiger partial charge on any atom is 0.251 e. The molecule has 1 aliphatic heterocycles. The lowest BCUT2D eigenvalue weighted by molar-refractivity contribution is 0.0914. The predicted octanol–water partition coefficient (Wildman–Crippen LogP) is 2.43. The summed E-state index contributed by atoms with van der Waals surface area (Å²) in [5.74, 6) is -0.221. The monoisotopic (exact) mass is 331 g/mol. The van der Waals surface area contributed by atoms with Crippen molar-refractivity contribution in [1.82, 2.24) is 15.5 Å². The summed E-state index contributed by atoms with van der Waals surface area (Å²) in [5, 5.41) is 5.89. The van der Waals surface area contributed by atoms with E-state index in [1.807, 2.05) is 20.8 Å². The van der Waals surface area contributed by atoms with Crippen LogP contribution in [0.15, 0.2) is 24.3 Å². The van der Waals surface area contributed by atoms with Crippen LogP contribution >= 0.6 is 0 Å². The minimum Gasteiger partial charge on any atom is -0.350 e. The van der Waals surface area contributed by atoms with Crippen molar-refractivity contribution in [2.24, 2.45) is 0 Å². The molecule has 0 saturated carbocycles. The zero-order chi connectivity index (χ0) is 17.7. The Balaban J connectivity index is 1.87. The summed E-state index contributed by atoms with van der Waals surface area (Å²) in [6, 6.07) is 7.15. The molecule has 0 bridgehead atoms. The molecule has 1 fully saturated rings. The quantitative estimate of drug-likeness (QED) is 0.871. The van der Waals surface area contributed by atoms with Crippen LogP contribution in [0.1, 0.15) is 61.3 Å². The fourth-order valence-corrected chi connectivity index (χ4v) is 2.84. The second kappa shape index (κ2) is 7.79. The van der Waals surface area contributed by atoms with Crippen molar-refractivity contribution in [3.8, 4) is 0 Å². The lowest BCUT2D eigenvalue weighted by atomic mass is 10.1. The van der Waals surface area contributed by atoms with Gasteiger partial charge in [-0.1, -0.05) is 0 Å². The number of rotatable bonds is 5. The summed E-state index contributed by atoms with van der Waals surface area (Å²) in [5.41, 5.74) is 0.863. The SMILES string of the molecule is C[C@H](CNC(=O)c1ccc(C(=O)NC(C)(C)C)cc1)N1CCCC1. The van der Waals surface area contributed by atoms with Gasteiger partial charge in [0.2, 0.25) is 0 Å². The Kier molecular flexibility index (Phi) is 5.99. The van der Waals surface area contributed by atoms with Crippen LogP contribution in [0, 0.1) is 0 Å². The zero-order valence-electron chi connectivity index (χ0n) is 15.2. The van der Waals surface area contributed by atoms with Crippen molar-refractivity contribution in [2.75, 3.05) is 19.6 Å². The Morgan fingerprint density at radius 1 is 1.04 bits per heavy atom. The smallest absolute Gasteiger partial charge is 0.251 e. The van der Waals surface area contributed by atoms with Crippen molar-refractivity contribution in [2.45, 2.75) is 52.1 Å². The van der Waals surface area contributed by atoms with Gasteiger partial charge in [-0.3, -0.25) is 14.5 Å². The third-order valence-corrected chi connectivity index (χ3v) is 4.22. The Hall–Kier alpha value is -1.88. The highest BCUT2D eigenvalue weighted by Crippen LogP contribution is 2.11. The Morgan fingerprint density at radius 2 is 1.54 bits per heavy atom. The summed E-state index contributed by atoms with van der Waals surface area (Å²) in [4.78, 5) is 26.7. The summed E-state index contributed by atoms with van der Waals surface area (Å²) in [6.45, 7) is 10.8. The molecule has 5 nitrogen and oxygen atoms in total. The van der Waals surface area contributed by atoms with Crippen LogP contribution in [-0.2, 0) is 0 Å². The highest BCUT2D eigenvalue weighted by Gasteiger charge is 2.19. The molecule has 1 aliphatic rings. The van der Waals surface area contributed by atoms with E-state index < -0.39 is 0 Å². The van der Waals surface area contributed by atoms with Gasteiger partial charge in [-0.2, -0.15) is 0 Å². The van der Waals surface area contributed by atoms with Gasteiger partial charge in [-0.25, -0.2) is 0 Å². The van der Waals surface area contributed by atoms with E-state index in [0.717, 1.165) is 13.1 Å². The molecule has 1 saturated heterocycles. The first-order valence-corrected chi connectivity index (χ1v) is 8.71. The topological polar surface area (TPSA) is 61.4 Å². The Bertz CT molecular complexity index is 569. The van der Waals surface area contributed by atoms with E-state index in [0.29, 0.717) is 23.7 Å². The number of likely N-dealkylation sites (tertiary alicyclic amines) is 1. The van der Waals surface area contributed by atoms with Gasteiger partial charge in [0, 0.05) is 29.3 Å². The standard InChI is InChI=1S/C19H29N3O2/c1-14(22-11-5-6-12-22)13-20-17(23)15-7-9-16(10-8-15)18(24)21-19(2,3)4/h7-10,14H,5-6,11-13H2,1-4H3,(H,20,23)(H,21,24)/t14-/m1/s1. The summed E-state index contributed by atoms with van der Waals surface area (Å²) in [7, 11) is 0. The van der Waals surface area contributed by atoms with Crippen LogP contribution in [0.4, 0.5) is 0 Å². The highest BCUT2D eigenvalue weighted by atomic mass is 16.2. The first kappa shape index (κ1) is 18.5. The van der Waals surface area contributed by atoms with Crippen molar-refractivity contribution in [3.05, 3.63) is 35.4 Å². The van der Waals surface area contributed by atoms with E-state index in [1.54, 1.807) is 24.3 Å². The predicted molar refractivity (Wildman–Crippen MR) is 96.3 cm³/mol. The zero-order valence-corrected chi connectivity index (χ0v) is 15.2. The molecular weight excluding hydrogens is 302 g/mol. The Labute approximate surface area is 144 Å². The molecule has 0 unspecified atom stereocenters. The van der Waals surface area contributed by atoms with Gasteiger partial charge < -0.3 is 10.6 Å². The maximum absolute atomic E-state index is 12.2. The second-order valence-electron chi connectivity index (χ2n) is 7.58. The number of nitrogens with zero attached hydrogens (tertiary/aromatic N) is 1. The molecule has 2 amide bonds. The fraction of sp³-hybridized carbons (Fsp3) is 0.579. The average Bonchev–Trinajstić information content (AvgIpc) is 3.05. The van der Waals surface area contributed by atoms with E-state index in [4.69, 9.17) is 0 Å². The number of carbonyl (C=O) groups is 2. The molecule has 0 spiro atoms. The molecule has 1 heterocycles. The molecular formula is C19H29N3O2. The maximum atomic E-state index is 12.2. The molecule has 5 heteroatoms. The highest BCUT2D eigenvalue weighted by molar-refractivity contribution is 5.98. The second-order valence-corrected chi connectivity index (χ2v) is 7.58. The van der Waals surface area contributed by atoms with Gasteiger partial charge >= 0.3 is 0 Å². The van der Waals surface area contributed by atoms with Crippen LogP contribution < -0.4 is 10.6 Å². The van der Waals surface area contributed by atoms with Crippen LogP contribution in [0.2, 0.25) is 0 Å². The number of hydrogen-bond donors (Lipinski definition) is 2. The molecule has 0 aromatic heterocycles. The van der Waals surface area contributed by atoms with Crippen LogP contribution in [0.3, 0.4) is 0 Å². The number of benzene rings is 1. The number of nitrogens with one attached hydrogen (secondary N) is 2. The van der Waals surface area contributed by atoms with E-state index >= 15 is 0 Å². The molecule has 2 N–H and O–H groups in total. The van der Waals surface area contributed by atoms with Crippen molar-refractivity contribution in [1.29, 1.82) is 0 Å². The van der Waals surface area contributed by atoms with Gasteiger partial charge in [0.15, 0.2) is 0 Å². The number of hydrogen-bond acceptors (Lipinski definition) is 3. The van der Waals surface area contributed by atoms with E-state index in [-0.39, 0.29) is 17.4 Å². The van der Waals surface area contributed by atoms with Gasteiger partial charge in [-0.05, 0) is 77.9 Å². The van der Waals surface area contributed by atoms with Crippen molar-refractivity contribution < 1.29 is 9.59 Å². The molecule has 132 valence electrons. The molecule has 1 atom stereocenters. The first-order valence-electron chi connectivity index (χ1n) is 8.71. The Morgan fingerprint density at radius 3 is 2.04 bits per heavy atom. The van der Waals surface area contributed by atoms with E-state index in [1.165, 1.54) is 12.8 Å². The summed E-state index contributed by atoms with van der Waals surface area (Å²) >= 11 is 0. The van der Waals surface area contributed by atoms with Gasteiger partial charge in [0.1, 0.15) is 0 Å². The van der Waals surface area contributed by atoms with Crippen LogP contribution in [0.5, 0.6) is 0 Å². The third-order valence-electron chi connectivity index (χ3n) is 4.22. The molecule has 1 aromatic carbocycles. The lowest BCUT2D eigenvalue weighted by Crippen LogP contribution is -2.41. The third kappa shape index (κ3) is 5.34. The lowest BCUT2D eigenvalue weighted by Gasteiger charge is -2.23. The summed E-state index contributed by atoms with van der Waals surface area (Å²) in [6.07, 6.45) is 2.49. The van der Waals surface area contributed by atoms with Gasteiger partial charge in [0.25, 0.3) is 11.8 Å². The summed E-state index contributed by atoms with van der Waals surface area (Å²) < 4.78 is 0. The molecule has 2 rings (SSSR count). The number of amides is 2. The first-order chi connectivity index (χ1) is 11.3. The largest absolute Gasteiger partial charge is 0.350 e. The van der Waals surface area contributed by atoms with E-state index in [2.05, 4.69) is 22.5 Å².